The topological polar surface area (TPSA) is 51.0 Å². The molecule has 0 saturated carbocycles. The number of halogens is 2. The molecule has 16 heavy (non-hydrogen) atoms. The van der Waals surface area contributed by atoms with Crippen LogP contribution in [0.4, 0.5) is 5.69 Å². The Morgan fingerprint density at radius 1 is 1.50 bits per heavy atom. The Balaban J connectivity index is 2.07. The van der Waals surface area contributed by atoms with E-state index in [1.807, 2.05) is 18.2 Å². The lowest BCUT2D eigenvalue weighted by atomic mass is 10.3. The largest absolute Gasteiger partial charge is 0.377 e. The minimum absolute atomic E-state index is 0.496. The summed E-state index contributed by atoms with van der Waals surface area (Å²) in [5.74, 6) is 1.17. The summed E-state index contributed by atoms with van der Waals surface area (Å²) < 4.78 is 5.81. The van der Waals surface area contributed by atoms with Crippen molar-refractivity contribution in [2.45, 2.75) is 13.5 Å². The number of anilines is 1. The maximum absolute atomic E-state index is 5.89. The summed E-state index contributed by atoms with van der Waals surface area (Å²) in [5, 5.41) is 7.63. The monoisotopic (exact) mass is 301 g/mol. The van der Waals surface area contributed by atoms with Crippen LogP contribution in [0.1, 0.15) is 11.7 Å². The Bertz CT molecular complexity index is 501. The Morgan fingerprint density at radius 3 is 3.00 bits per heavy atom. The quantitative estimate of drug-likeness (QED) is 0.944. The number of hydrogen-bond acceptors (Lipinski definition) is 4. The van der Waals surface area contributed by atoms with Crippen LogP contribution in [0, 0.1) is 6.92 Å². The van der Waals surface area contributed by atoms with Gasteiger partial charge in [0.25, 0.3) is 0 Å². The third kappa shape index (κ3) is 2.74. The van der Waals surface area contributed by atoms with Crippen LogP contribution in [-0.4, -0.2) is 10.1 Å². The van der Waals surface area contributed by atoms with E-state index < -0.39 is 0 Å². The molecule has 0 atom stereocenters. The number of hydrogen-bond donors (Lipinski definition) is 1. The number of aromatic nitrogens is 2. The average Bonchev–Trinajstić information content (AvgIpc) is 2.66. The lowest BCUT2D eigenvalue weighted by molar-refractivity contribution is 0.388. The van der Waals surface area contributed by atoms with Gasteiger partial charge in [0, 0.05) is 16.4 Å². The van der Waals surface area contributed by atoms with E-state index in [1.165, 1.54) is 0 Å². The van der Waals surface area contributed by atoms with Crippen LogP contribution >= 0.6 is 27.5 Å². The molecule has 0 fully saturated rings. The van der Waals surface area contributed by atoms with Crippen LogP contribution in [0.15, 0.2) is 27.2 Å². The fourth-order valence-corrected chi connectivity index (χ4v) is 1.78. The molecule has 0 aliphatic carbocycles. The molecule has 0 aliphatic heterocycles. The van der Waals surface area contributed by atoms with Crippen molar-refractivity contribution in [2.24, 2.45) is 0 Å². The molecule has 1 aromatic carbocycles. The van der Waals surface area contributed by atoms with E-state index in [-0.39, 0.29) is 0 Å². The van der Waals surface area contributed by atoms with E-state index in [2.05, 4.69) is 31.4 Å². The Hall–Kier alpha value is -1.07. The number of nitrogens with one attached hydrogen (secondary N) is 1. The SMILES string of the molecule is Cc1nc(CNc2cc(Cl)ccc2Br)no1. The summed E-state index contributed by atoms with van der Waals surface area (Å²) in [6.45, 7) is 2.25. The second kappa shape index (κ2) is 4.84. The van der Waals surface area contributed by atoms with Crippen LogP contribution in [0.25, 0.3) is 0 Å². The number of rotatable bonds is 3. The molecule has 0 amide bonds. The summed E-state index contributed by atoms with van der Waals surface area (Å²) >= 11 is 9.32. The van der Waals surface area contributed by atoms with Gasteiger partial charge in [-0.1, -0.05) is 16.8 Å². The first-order valence-corrected chi connectivity index (χ1v) is 5.80. The van der Waals surface area contributed by atoms with Crippen molar-refractivity contribution in [1.29, 1.82) is 0 Å². The van der Waals surface area contributed by atoms with Gasteiger partial charge in [-0.2, -0.15) is 4.98 Å². The van der Waals surface area contributed by atoms with Crippen molar-refractivity contribution in [2.75, 3.05) is 5.32 Å². The molecule has 0 spiro atoms. The van der Waals surface area contributed by atoms with Crippen LogP contribution in [0.5, 0.6) is 0 Å². The molecule has 1 aromatic heterocycles. The zero-order valence-corrected chi connectivity index (χ0v) is 10.8. The van der Waals surface area contributed by atoms with E-state index in [0.717, 1.165) is 10.2 Å². The van der Waals surface area contributed by atoms with E-state index in [0.29, 0.717) is 23.3 Å². The van der Waals surface area contributed by atoms with Gasteiger partial charge in [-0.15, -0.1) is 0 Å². The molecule has 0 bridgehead atoms. The molecule has 1 heterocycles. The highest BCUT2D eigenvalue weighted by Gasteiger charge is 2.04. The van der Waals surface area contributed by atoms with Gasteiger partial charge < -0.3 is 9.84 Å². The van der Waals surface area contributed by atoms with Crippen LogP contribution in [0.3, 0.4) is 0 Å². The Kier molecular flexibility index (Phi) is 3.46. The predicted molar refractivity (Wildman–Crippen MR) is 65.5 cm³/mol. The highest BCUT2D eigenvalue weighted by atomic mass is 79.9. The number of benzene rings is 1. The van der Waals surface area contributed by atoms with Crippen LogP contribution in [-0.2, 0) is 6.54 Å². The number of nitrogens with zero attached hydrogens (tertiary/aromatic N) is 2. The van der Waals surface area contributed by atoms with E-state index in [4.69, 9.17) is 16.1 Å². The van der Waals surface area contributed by atoms with Crippen molar-refractivity contribution in [1.82, 2.24) is 10.1 Å². The Morgan fingerprint density at radius 2 is 2.31 bits per heavy atom. The summed E-state index contributed by atoms with van der Waals surface area (Å²) in [6, 6.07) is 5.53. The Labute approximate surface area is 106 Å². The molecule has 2 aromatic rings. The third-order valence-electron chi connectivity index (χ3n) is 1.93. The second-order valence-electron chi connectivity index (χ2n) is 3.21. The lowest BCUT2D eigenvalue weighted by Gasteiger charge is -2.06. The summed E-state index contributed by atoms with van der Waals surface area (Å²) in [4.78, 5) is 4.09. The molecule has 0 radical (unpaired) electrons. The molecule has 4 nitrogen and oxygen atoms in total. The molecule has 84 valence electrons. The maximum atomic E-state index is 5.89. The van der Waals surface area contributed by atoms with Crippen LogP contribution < -0.4 is 5.32 Å². The van der Waals surface area contributed by atoms with Crippen LogP contribution in [0.2, 0.25) is 5.02 Å². The average molecular weight is 303 g/mol. The van der Waals surface area contributed by atoms with Crippen molar-refractivity contribution in [3.8, 4) is 0 Å². The summed E-state index contributed by atoms with van der Waals surface area (Å²) in [7, 11) is 0. The molecular weight excluding hydrogens is 293 g/mol. The van der Waals surface area contributed by atoms with Gasteiger partial charge in [0.1, 0.15) is 0 Å². The molecule has 6 heteroatoms. The standard InChI is InChI=1S/C10H9BrClN3O/c1-6-14-10(15-16-6)5-13-9-4-7(12)2-3-8(9)11/h2-4,13H,5H2,1H3. The predicted octanol–water partition coefficient (Wildman–Crippen LogP) is 3.41. The van der Waals surface area contributed by atoms with Gasteiger partial charge in [0.05, 0.1) is 12.2 Å². The van der Waals surface area contributed by atoms with E-state index in [9.17, 15) is 0 Å². The van der Waals surface area contributed by atoms with Crippen molar-refractivity contribution in [3.63, 3.8) is 0 Å². The second-order valence-corrected chi connectivity index (χ2v) is 4.50. The third-order valence-corrected chi connectivity index (χ3v) is 2.86. The van der Waals surface area contributed by atoms with Crippen molar-refractivity contribution >= 4 is 33.2 Å². The van der Waals surface area contributed by atoms with Gasteiger partial charge in [0.15, 0.2) is 5.82 Å². The molecule has 0 saturated heterocycles. The normalized spacial score (nSPS) is 10.4. The molecule has 0 unspecified atom stereocenters. The van der Waals surface area contributed by atoms with Gasteiger partial charge in [0.2, 0.25) is 5.89 Å². The van der Waals surface area contributed by atoms with Gasteiger partial charge >= 0.3 is 0 Å². The lowest BCUT2D eigenvalue weighted by Crippen LogP contribution is -2.01. The summed E-state index contributed by atoms with van der Waals surface area (Å²) in [6.07, 6.45) is 0. The van der Waals surface area contributed by atoms with E-state index in [1.54, 1.807) is 6.92 Å². The zero-order valence-electron chi connectivity index (χ0n) is 8.50. The fraction of sp³-hybridized carbons (Fsp3) is 0.200. The number of aryl methyl sites for hydroxylation is 1. The van der Waals surface area contributed by atoms with Gasteiger partial charge in [-0.3, -0.25) is 0 Å². The van der Waals surface area contributed by atoms with E-state index >= 15 is 0 Å². The highest BCUT2D eigenvalue weighted by molar-refractivity contribution is 9.10. The first-order valence-electron chi connectivity index (χ1n) is 4.63. The van der Waals surface area contributed by atoms with Gasteiger partial charge in [-0.05, 0) is 34.1 Å². The molecular formula is C10H9BrClN3O. The maximum Gasteiger partial charge on any atom is 0.223 e. The summed E-state index contributed by atoms with van der Waals surface area (Å²) in [5.41, 5.74) is 0.898. The smallest absolute Gasteiger partial charge is 0.223 e. The van der Waals surface area contributed by atoms with Gasteiger partial charge in [-0.25, -0.2) is 0 Å². The van der Waals surface area contributed by atoms with Crippen molar-refractivity contribution in [3.05, 3.63) is 39.4 Å². The molecule has 1 N–H and O–H groups in total. The molecule has 0 aliphatic rings. The first-order chi connectivity index (χ1) is 7.65. The fourth-order valence-electron chi connectivity index (χ4n) is 1.22. The zero-order chi connectivity index (χ0) is 11.5. The van der Waals surface area contributed by atoms with Crippen molar-refractivity contribution < 1.29 is 4.52 Å². The highest BCUT2D eigenvalue weighted by Crippen LogP contribution is 2.26. The minimum atomic E-state index is 0.496. The molecule has 2 rings (SSSR count). The first kappa shape index (κ1) is 11.4. The minimum Gasteiger partial charge on any atom is -0.377 e.